The molecule has 0 unspecified atom stereocenters. The Labute approximate surface area is 118 Å². The molecule has 20 heavy (non-hydrogen) atoms. The topological polar surface area (TPSA) is 80.9 Å². The molecule has 0 fully saturated rings. The summed E-state index contributed by atoms with van der Waals surface area (Å²) in [4.78, 5) is 23.8. The van der Waals surface area contributed by atoms with E-state index in [2.05, 4.69) is 15.0 Å². The van der Waals surface area contributed by atoms with Gasteiger partial charge in [-0.2, -0.15) is 0 Å². The van der Waals surface area contributed by atoms with Crippen molar-refractivity contribution in [2.45, 2.75) is 6.54 Å². The number of nitrogens with zero attached hydrogens (tertiary/aromatic N) is 4. The van der Waals surface area contributed by atoms with E-state index in [0.29, 0.717) is 27.7 Å². The molecular formula is C13H9ClN4O2. The Morgan fingerprint density at radius 1 is 1.30 bits per heavy atom. The van der Waals surface area contributed by atoms with Crippen LogP contribution in [0.4, 0.5) is 0 Å². The smallest absolute Gasteiger partial charge is 0.323 e. The van der Waals surface area contributed by atoms with E-state index in [9.17, 15) is 4.79 Å². The van der Waals surface area contributed by atoms with E-state index in [1.807, 2.05) is 0 Å². The van der Waals surface area contributed by atoms with Crippen molar-refractivity contribution in [3.63, 3.8) is 0 Å². The Morgan fingerprint density at radius 2 is 2.15 bits per heavy atom. The number of carbonyl (C=O) groups is 1. The first-order valence-corrected chi connectivity index (χ1v) is 6.18. The van der Waals surface area contributed by atoms with Crippen LogP contribution in [-0.4, -0.2) is 30.6 Å². The van der Waals surface area contributed by atoms with Crippen LogP contribution in [0.3, 0.4) is 0 Å². The third-order valence-corrected chi connectivity index (χ3v) is 2.98. The fourth-order valence-corrected chi connectivity index (χ4v) is 2.06. The predicted octanol–water partition coefficient (Wildman–Crippen LogP) is 2.23. The summed E-state index contributed by atoms with van der Waals surface area (Å²) in [5, 5.41) is 9.55. The fraction of sp³-hybridized carbons (Fsp3) is 0.0769. The molecule has 100 valence electrons. The van der Waals surface area contributed by atoms with Crippen molar-refractivity contribution in [3.8, 4) is 11.5 Å². The zero-order chi connectivity index (χ0) is 14.1. The van der Waals surface area contributed by atoms with Crippen LogP contribution in [0, 0.1) is 0 Å². The van der Waals surface area contributed by atoms with Gasteiger partial charge in [0.05, 0.1) is 5.02 Å². The van der Waals surface area contributed by atoms with Crippen LogP contribution in [0.1, 0.15) is 0 Å². The first-order valence-electron chi connectivity index (χ1n) is 5.80. The lowest BCUT2D eigenvalue weighted by molar-refractivity contribution is -0.137. The van der Waals surface area contributed by atoms with Gasteiger partial charge in [-0.15, -0.1) is 0 Å². The van der Waals surface area contributed by atoms with Crippen molar-refractivity contribution in [2.75, 3.05) is 0 Å². The molecule has 0 saturated heterocycles. The molecule has 0 atom stereocenters. The number of carboxylic acids is 1. The van der Waals surface area contributed by atoms with Gasteiger partial charge in [0.1, 0.15) is 17.8 Å². The highest BCUT2D eigenvalue weighted by atomic mass is 35.5. The molecule has 3 rings (SSSR count). The van der Waals surface area contributed by atoms with Crippen molar-refractivity contribution in [1.29, 1.82) is 0 Å². The number of pyridine rings is 2. The van der Waals surface area contributed by atoms with Crippen LogP contribution < -0.4 is 0 Å². The number of imidazole rings is 1. The van der Waals surface area contributed by atoms with E-state index in [1.54, 1.807) is 30.5 Å². The second-order valence-corrected chi connectivity index (χ2v) is 4.56. The number of halogens is 1. The normalized spacial score (nSPS) is 10.8. The molecule has 0 aliphatic rings. The molecule has 3 aromatic heterocycles. The maximum absolute atomic E-state index is 11.0. The summed E-state index contributed by atoms with van der Waals surface area (Å²) in [5.41, 5.74) is 1.69. The lowest BCUT2D eigenvalue weighted by atomic mass is 10.3. The van der Waals surface area contributed by atoms with Crippen LogP contribution in [0.25, 0.3) is 22.7 Å². The number of hydrogen-bond acceptors (Lipinski definition) is 4. The maximum Gasteiger partial charge on any atom is 0.323 e. The van der Waals surface area contributed by atoms with Crippen molar-refractivity contribution < 1.29 is 9.90 Å². The van der Waals surface area contributed by atoms with Gasteiger partial charge in [-0.05, 0) is 24.3 Å². The molecule has 0 radical (unpaired) electrons. The molecule has 0 bridgehead atoms. The van der Waals surface area contributed by atoms with Crippen LogP contribution in [0.2, 0.25) is 5.02 Å². The average Bonchev–Trinajstić information content (AvgIpc) is 2.78. The Bertz CT molecular complexity index is 783. The van der Waals surface area contributed by atoms with Crippen molar-refractivity contribution in [2.24, 2.45) is 0 Å². The van der Waals surface area contributed by atoms with Crippen molar-refractivity contribution >= 4 is 28.7 Å². The van der Waals surface area contributed by atoms with E-state index in [1.165, 1.54) is 10.8 Å². The van der Waals surface area contributed by atoms with Gasteiger partial charge in [0, 0.05) is 12.4 Å². The molecule has 3 heterocycles. The van der Waals surface area contributed by atoms with Gasteiger partial charge >= 0.3 is 5.97 Å². The molecule has 0 aromatic carbocycles. The SMILES string of the molecule is O=C(O)Cn1c(-c2ccc(Cl)cn2)nc2cccnc21. The van der Waals surface area contributed by atoms with Gasteiger partial charge in [0.2, 0.25) is 0 Å². The summed E-state index contributed by atoms with van der Waals surface area (Å²) < 4.78 is 1.52. The number of fused-ring (bicyclic) bond motifs is 1. The minimum absolute atomic E-state index is 0.229. The standard InChI is InChI=1S/C13H9ClN4O2/c14-8-3-4-9(16-6-8)13-17-10-2-1-5-15-12(10)18(13)7-11(19)20/h1-6H,7H2,(H,19,20). The van der Waals surface area contributed by atoms with E-state index in [4.69, 9.17) is 16.7 Å². The van der Waals surface area contributed by atoms with Crippen LogP contribution >= 0.6 is 11.6 Å². The van der Waals surface area contributed by atoms with Crippen LogP contribution in [0.15, 0.2) is 36.7 Å². The van der Waals surface area contributed by atoms with E-state index in [-0.39, 0.29) is 6.54 Å². The molecule has 7 heteroatoms. The molecule has 0 aliphatic carbocycles. The van der Waals surface area contributed by atoms with Crippen molar-refractivity contribution in [3.05, 3.63) is 41.7 Å². The maximum atomic E-state index is 11.0. The summed E-state index contributed by atoms with van der Waals surface area (Å²) in [7, 11) is 0. The number of rotatable bonds is 3. The molecule has 6 nitrogen and oxygen atoms in total. The predicted molar refractivity (Wildman–Crippen MR) is 73.4 cm³/mol. The molecule has 0 spiro atoms. The highest BCUT2D eigenvalue weighted by molar-refractivity contribution is 6.30. The first-order chi connectivity index (χ1) is 9.65. The van der Waals surface area contributed by atoms with E-state index < -0.39 is 5.97 Å². The fourth-order valence-electron chi connectivity index (χ4n) is 1.95. The van der Waals surface area contributed by atoms with E-state index in [0.717, 1.165) is 0 Å². The number of hydrogen-bond donors (Lipinski definition) is 1. The zero-order valence-corrected chi connectivity index (χ0v) is 10.9. The Morgan fingerprint density at radius 3 is 2.85 bits per heavy atom. The average molecular weight is 289 g/mol. The summed E-state index contributed by atoms with van der Waals surface area (Å²) in [5.74, 6) is -0.511. The largest absolute Gasteiger partial charge is 0.480 e. The first kappa shape index (κ1) is 12.6. The lowest BCUT2D eigenvalue weighted by Gasteiger charge is -2.05. The third-order valence-electron chi connectivity index (χ3n) is 2.75. The monoisotopic (exact) mass is 288 g/mol. The van der Waals surface area contributed by atoms with Gasteiger partial charge in [-0.1, -0.05) is 11.6 Å². The van der Waals surface area contributed by atoms with Gasteiger partial charge in [-0.3, -0.25) is 14.3 Å². The van der Waals surface area contributed by atoms with Gasteiger partial charge in [0.15, 0.2) is 11.5 Å². The second-order valence-electron chi connectivity index (χ2n) is 4.12. The van der Waals surface area contributed by atoms with Crippen molar-refractivity contribution in [1.82, 2.24) is 19.5 Å². The number of carboxylic acid groups (broad SMARTS) is 1. The summed E-state index contributed by atoms with van der Waals surface area (Å²) in [6.07, 6.45) is 3.09. The van der Waals surface area contributed by atoms with Gasteiger partial charge in [0.25, 0.3) is 0 Å². The zero-order valence-electron chi connectivity index (χ0n) is 10.2. The molecular weight excluding hydrogens is 280 g/mol. The van der Waals surface area contributed by atoms with Crippen LogP contribution in [0.5, 0.6) is 0 Å². The summed E-state index contributed by atoms with van der Waals surface area (Å²) >= 11 is 5.81. The third kappa shape index (κ3) is 2.21. The minimum Gasteiger partial charge on any atom is -0.480 e. The second kappa shape index (κ2) is 4.90. The quantitative estimate of drug-likeness (QED) is 0.799. The summed E-state index contributed by atoms with van der Waals surface area (Å²) in [6, 6.07) is 6.91. The Hall–Kier alpha value is -2.47. The highest BCUT2D eigenvalue weighted by Crippen LogP contribution is 2.22. The van der Waals surface area contributed by atoms with Gasteiger partial charge < -0.3 is 5.11 Å². The molecule has 1 N–H and O–H groups in total. The van der Waals surface area contributed by atoms with Crippen LogP contribution in [-0.2, 0) is 11.3 Å². The molecule has 0 amide bonds. The number of aliphatic carboxylic acids is 1. The molecule has 0 saturated carbocycles. The minimum atomic E-state index is -0.967. The molecule has 3 aromatic rings. The highest BCUT2D eigenvalue weighted by Gasteiger charge is 2.16. The van der Waals surface area contributed by atoms with E-state index >= 15 is 0 Å². The van der Waals surface area contributed by atoms with Gasteiger partial charge in [-0.25, -0.2) is 9.97 Å². The Kier molecular flexibility index (Phi) is 3.08. The molecule has 0 aliphatic heterocycles. The number of aromatic nitrogens is 4. The Balaban J connectivity index is 2.23. The lowest BCUT2D eigenvalue weighted by Crippen LogP contribution is -2.10. The summed E-state index contributed by atoms with van der Waals surface area (Å²) in [6.45, 7) is -0.229.